The Kier molecular flexibility index (Phi) is 5.50. The first-order valence-electron chi connectivity index (χ1n) is 8.62. The van der Waals surface area contributed by atoms with Crippen molar-refractivity contribution < 1.29 is 22.3 Å². The zero-order valence-corrected chi connectivity index (χ0v) is 15.4. The summed E-state index contributed by atoms with van der Waals surface area (Å²) >= 11 is 0. The number of sulfonamides is 1. The van der Waals surface area contributed by atoms with Gasteiger partial charge in [-0.25, -0.2) is 12.8 Å². The highest BCUT2D eigenvalue weighted by molar-refractivity contribution is 7.89. The monoisotopic (exact) mass is 372 g/mol. The van der Waals surface area contributed by atoms with Crippen LogP contribution in [0.5, 0.6) is 11.5 Å². The minimum atomic E-state index is -3.89. The molecule has 1 unspecified atom stereocenters. The molecule has 0 spiro atoms. The minimum absolute atomic E-state index is 0.171. The Labute approximate surface area is 148 Å². The fourth-order valence-corrected chi connectivity index (χ4v) is 5.34. The van der Waals surface area contributed by atoms with Gasteiger partial charge in [0.1, 0.15) is 10.7 Å². The Morgan fingerprint density at radius 3 is 2.32 bits per heavy atom. The second-order valence-electron chi connectivity index (χ2n) is 6.58. The van der Waals surface area contributed by atoms with Crippen molar-refractivity contribution >= 4 is 10.0 Å². The lowest BCUT2D eigenvalue weighted by Gasteiger charge is -2.34. The summed E-state index contributed by atoms with van der Waals surface area (Å²) in [4.78, 5) is -0.359. The van der Waals surface area contributed by atoms with Crippen LogP contribution in [-0.2, 0) is 10.0 Å². The highest BCUT2D eigenvalue weighted by atomic mass is 32.2. The Hall–Kier alpha value is -1.38. The summed E-state index contributed by atoms with van der Waals surface area (Å²) in [6.07, 6.45) is 3.93. The number of hydrogen-bond acceptors (Lipinski definition) is 5. The van der Waals surface area contributed by atoms with Crippen molar-refractivity contribution in [3.8, 4) is 11.5 Å². The van der Waals surface area contributed by atoms with Gasteiger partial charge in [0.05, 0.1) is 14.2 Å². The summed E-state index contributed by atoms with van der Waals surface area (Å²) < 4.78 is 51.6. The van der Waals surface area contributed by atoms with Crippen LogP contribution < -0.4 is 14.8 Å². The summed E-state index contributed by atoms with van der Waals surface area (Å²) in [5.41, 5.74) is 0. The molecule has 25 heavy (non-hydrogen) atoms. The molecule has 0 aromatic heterocycles. The molecule has 2 aliphatic heterocycles. The fourth-order valence-electron chi connectivity index (χ4n) is 3.80. The first-order chi connectivity index (χ1) is 12.0. The van der Waals surface area contributed by atoms with E-state index in [2.05, 4.69) is 5.32 Å². The largest absolute Gasteiger partial charge is 0.493 e. The van der Waals surface area contributed by atoms with Gasteiger partial charge in [-0.05, 0) is 38.1 Å². The maximum absolute atomic E-state index is 14.4. The Balaban J connectivity index is 1.78. The number of hydrogen-bond donors (Lipinski definition) is 1. The molecule has 2 heterocycles. The molecule has 1 aromatic rings. The Morgan fingerprint density at radius 1 is 1.12 bits per heavy atom. The molecule has 1 atom stereocenters. The number of piperidine rings is 1. The van der Waals surface area contributed by atoms with Gasteiger partial charge in [-0.15, -0.1) is 0 Å². The molecule has 0 saturated carbocycles. The zero-order valence-electron chi connectivity index (χ0n) is 14.6. The van der Waals surface area contributed by atoms with Gasteiger partial charge in [-0.1, -0.05) is 0 Å². The number of halogens is 1. The van der Waals surface area contributed by atoms with Crippen LogP contribution in [0, 0.1) is 11.7 Å². The van der Waals surface area contributed by atoms with E-state index in [9.17, 15) is 12.8 Å². The Morgan fingerprint density at radius 2 is 1.76 bits per heavy atom. The first kappa shape index (κ1) is 18.4. The first-order valence-corrected chi connectivity index (χ1v) is 10.1. The average molecular weight is 372 g/mol. The molecule has 8 heteroatoms. The van der Waals surface area contributed by atoms with Gasteiger partial charge in [-0.2, -0.15) is 4.31 Å². The molecule has 2 saturated heterocycles. The molecular weight excluding hydrogens is 347 g/mol. The van der Waals surface area contributed by atoms with Gasteiger partial charge < -0.3 is 14.8 Å². The van der Waals surface area contributed by atoms with E-state index in [0.717, 1.165) is 31.9 Å². The molecule has 0 bridgehead atoms. The number of benzene rings is 1. The molecule has 0 amide bonds. The van der Waals surface area contributed by atoms with E-state index in [1.807, 2.05) is 0 Å². The van der Waals surface area contributed by atoms with Crippen LogP contribution in [0.1, 0.15) is 25.7 Å². The van der Waals surface area contributed by atoms with E-state index in [1.165, 1.54) is 31.0 Å². The molecule has 0 aliphatic carbocycles. The van der Waals surface area contributed by atoms with Crippen LogP contribution in [0.2, 0.25) is 0 Å². The number of methoxy groups -OCH3 is 2. The van der Waals surface area contributed by atoms with Gasteiger partial charge in [0.2, 0.25) is 10.0 Å². The molecule has 6 nitrogen and oxygen atoms in total. The molecule has 3 rings (SSSR count). The van der Waals surface area contributed by atoms with Crippen molar-refractivity contribution in [2.75, 3.05) is 33.9 Å². The lowest BCUT2D eigenvalue weighted by molar-refractivity contribution is 0.233. The highest BCUT2D eigenvalue weighted by Gasteiger charge is 2.35. The molecular formula is C17H25FN2O4S. The van der Waals surface area contributed by atoms with E-state index >= 15 is 0 Å². The lowest BCUT2D eigenvalue weighted by Crippen LogP contribution is -2.43. The third kappa shape index (κ3) is 3.61. The predicted octanol–water partition coefficient (Wildman–Crippen LogP) is 2.00. The summed E-state index contributed by atoms with van der Waals surface area (Å²) in [6.45, 7) is 1.87. The number of nitrogens with zero attached hydrogens (tertiary/aromatic N) is 1. The molecule has 0 radical (unpaired) electrons. The van der Waals surface area contributed by atoms with Crippen LogP contribution in [0.4, 0.5) is 4.39 Å². The van der Waals surface area contributed by atoms with E-state index in [0.29, 0.717) is 25.0 Å². The van der Waals surface area contributed by atoms with Crippen molar-refractivity contribution in [1.82, 2.24) is 9.62 Å². The quantitative estimate of drug-likeness (QED) is 0.856. The molecule has 2 fully saturated rings. The van der Waals surface area contributed by atoms with Crippen LogP contribution in [0.3, 0.4) is 0 Å². The molecule has 1 aromatic carbocycles. The minimum Gasteiger partial charge on any atom is -0.493 e. The molecule has 2 aliphatic rings. The van der Waals surface area contributed by atoms with Crippen molar-refractivity contribution in [2.24, 2.45) is 5.92 Å². The van der Waals surface area contributed by atoms with Crippen molar-refractivity contribution in [2.45, 2.75) is 36.6 Å². The standard InChI is InChI=1S/C17H25FN2O4S/c1-23-15-10-13(18)17(11-16(15)24-2)25(21,22)20-8-5-12(6-9-20)14-4-3-7-19-14/h10-12,14,19H,3-9H2,1-2H3. The van der Waals surface area contributed by atoms with Gasteiger partial charge in [-0.3, -0.25) is 0 Å². The third-order valence-corrected chi connectivity index (χ3v) is 7.14. The third-order valence-electron chi connectivity index (χ3n) is 5.22. The van der Waals surface area contributed by atoms with Crippen molar-refractivity contribution in [1.29, 1.82) is 0 Å². The van der Waals surface area contributed by atoms with E-state index in [1.54, 1.807) is 0 Å². The zero-order chi connectivity index (χ0) is 18.0. The van der Waals surface area contributed by atoms with E-state index < -0.39 is 15.8 Å². The summed E-state index contributed by atoms with van der Waals surface area (Å²) in [6, 6.07) is 2.75. The van der Waals surface area contributed by atoms with E-state index in [4.69, 9.17) is 9.47 Å². The van der Waals surface area contributed by atoms with E-state index in [-0.39, 0.29) is 16.4 Å². The number of ether oxygens (including phenoxy) is 2. The summed E-state index contributed by atoms with van der Waals surface area (Å²) in [5.74, 6) is 0.0407. The normalized spacial score (nSPS) is 22.9. The van der Waals surface area contributed by atoms with Gasteiger partial charge in [0, 0.05) is 31.3 Å². The Bertz CT molecular complexity index is 712. The number of rotatable bonds is 5. The highest BCUT2D eigenvalue weighted by Crippen LogP contribution is 2.35. The van der Waals surface area contributed by atoms with Crippen LogP contribution in [-0.4, -0.2) is 52.6 Å². The topological polar surface area (TPSA) is 67.9 Å². The molecule has 140 valence electrons. The summed E-state index contributed by atoms with van der Waals surface area (Å²) in [7, 11) is -1.12. The van der Waals surface area contributed by atoms with Crippen LogP contribution in [0.15, 0.2) is 17.0 Å². The predicted molar refractivity (Wildman–Crippen MR) is 92.0 cm³/mol. The maximum atomic E-state index is 14.4. The van der Waals surface area contributed by atoms with Gasteiger partial charge in [0.15, 0.2) is 11.5 Å². The fraction of sp³-hybridized carbons (Fsp3) is 0.647. The van der Waals surface area contributed by atoms with Crippen molar-refractivity contribution in [3.05, 3.63) is 17.9 Å². The lowest BCUT2D eigenvalue weighted by atomic mass is 9.89. The SMILES string of the molecule is COc1cc(F)c(S(=O)(=O)N2CCC(C3CCCN3)CC2)cc1OC. The maximum Gasteiger partial charge on any atom is 0.246 e. The smallest absolute Gasteiger partial charge is 0.246 e. The average Bonchev–Trinajstić information content (AvgIpc) is 3.16. The summed E-state index contributed by atoms with van der Waals surface area (Å²) in [5, 5.41) is 3.49. The number of nitrogens with one attached hydrogen (secondary N) is 1. The molecule has 1 N–H and O–H groups in total. The van der Waals surface area contributed by atoms with Crippen LogP contribution in [0.25, 0.3) is 0 Å². The van der Waals surface area contributed by atoms with Gasteiger partial charge >= 0.3 is 0 Å². The van der Waals surface area contributed by atoms with Crippen molar-refractivity contribution in [3.63, 3.8) is 0 Å². The van der Waals surface area contributed by atoms with Crippen LogP contribution >= 0.6 is 0 Å². The second kappa shape index (κ2) is 7.47. The van der Waals surface area contributed by atoms with Gasteiger partial charge in [0.25, 0.3) is 0 Å². The second-order valence-corrected chi connectivity index (χ2v) is 8.49.